The Hall–Kier alpha value is -2.10. The van der Waals surface area contributed by atoms with Gasteiger partial charge in [-0.05, 0) is 24.3 Å². The van der Waals surface area contributed by atoms with Gasteiger partial charge in [0, 0.05) is 8.41 Å². The third kappa shape index (κ3) is 1.58. The second-order valence-electron chi connectivity index (χ2n) is 3.33. The predicted octanol–water partition coefficient (Wildman–Crippen LogP) is 2.04. The van der Waals surface area contributed by atoms with Crippen LogP contribution in [0.4, 0.5) is 0 Å². The first-order chi connectivity index (χ1) is 7.45. The second-order valence-corrected chi connectivity index (χ2v) is 3.33. The standard InChI is InChI=1S/C12H9N3.B/c1-2-6-10(7-3-1)15-12-9-5-4-8-11(12)13-14-15;/h1-9H;. The van der Waals surface area contributed by atoms with Crippen LogP contribution in [-0.2, 0) is 0 Å². The van der Waals surface area contributed by atoms with E-state index in [1.54, 1.807) is 0 Å². The average molecular weight is 206 g/mol. The van der Waals surface area contributed by atoms with Gasteiger partial charge in [-0.25, -0.2) is 4.68 Å². The largest absolute Gasteiger partial charge is 0.213 e. The number of rotatable bonds is 1. The third-order valence-electron chi connectivity index (χ3n) is 2.35. The molecule has 3 aromatic rings. The summed E-state index contributed by atoms with van der Waals surface area (Å²) < 4.78 is 1.84. The SMILES string of the molecule is [B].c1ccc(-n2nnc3ccccc32)cc1. The maximum absolute atomic E-state index is 4.13. The summed E-state index contributed by atoms with van der Waals surface area (Å²) >= 11 is 0. The van der Waals surface area contributed by atoms with Gasteiger partial charge in [0.1, 0.15) is 5.52 Å². The van der Waals surface area contributed by atoms with Gasteiger partial charge in [0.05, 0.1) is 11.2 Å². The number of hydrogen-bond donors (Lipinski definition) is 0. The summed E-state index contributed by atoms with van der Waals surface area (Å²) in [6.07, 6.45) is 0. The summed E-state index contributed by atoms with van der Waals surface area (Å²) in [6.45, 7) is 0. The number of benzene rings is 2. The molecule has 2 aromatic carbocycles. The molecule has 0 saturated heterocycles. The molecule has 0 fully saturated rings. The Morgan fingerprint density at radius 2 is 1.50 bits per heavy atom. The molecule has 0 aliphatic rings. The maximum Gasteiger partial charge on any atom is 0.113 e. The molecule has 0 atom stereocenters. The highest BCUT2D eigenvalue weighted by Crippen LogP contribution is 2.14. The zero-order valence-electron chi connectivity index (χ0n) is 8.62. The summed E-state index contributed by atoms with van der Waals surface area (Å²) in [6, 6.07) is 17.9. The normalized spacial score (nSPS) is 10.0. The van der Waals surface area contributed by atoms with E-state index in [-0.39, 0.29) is 8.41 Å². The second kappa shape index (κ2) is 4.19. The van der Waals surface area contributed by atoms with Crippen LogP contribution >= 0.6 is 0 Å². The first-order valence-corrected chi connectivity index (χ1v) is 4.81. The van der Waals surface area contributed by atoms with E-state index < -0.39 is 0 Å². The summed E-state index contributed by atoms with van der Waals surface area (Å²) in [5.41, 5.74) is 2.98. The van der Waals surface area contributed by atoms with E-state index in [0.29, 0.717) is 0 Å². The van der Waals surface area contributed by atoms with Crippen LogP contribution in [0.5, 0.6) is 0 Å². The molecular weight excluding hydrogens is 197 g/mol. The van der Waals surface area contributed by atoms with Gasteiger partial charge >= 0.3 is 0 Å². The Morgan fingerprint density at radius 1 is 0.812 bits per heavy atom. The van der Waals surface area contributed by atoms with Gasteiger partial charge in [-0.15, -0.1) is 5.10 Å². The van der Waals surface area contributed by atoms with E-state index in [0.717, 1.165) is 16.7 Å². The van der Waals surface area contributed by atoms with Crippen molar-refractivity contribution in [2.45, 2.75) is 0 Å². The Bertz CT molecular complexity index is 589. The van der Waals surface area contributed by atoms with Crippen LogP contribution in [0.15, 0.2) is 54.6 Å². The molecule has 3 nitrogen and oxygen atoms in total. The van der Waals surface area contributed by atoms with Crippen molar-refractivity contribution in [2.75, 3.05) is 0 Å². The van der Waals surface area contributed by atoms with Crippen LogP contribution in [0.2, 0.25) is 0 Å². The topological polar surface area (TPSA) is 30.7 Å². The Balaban J connectivity index is 0.000000963. The minimum Gasteiger partial charge on any atom is -0.213 e. The van der Waals surface area contributed by atoms with Gasteiger partial charge in [0.15, 0.2) is 0 Å². The number of para-hydroxylation sites is 2. The highest BCUT2D eigenvalue weighted by atomic mass is 15.4. The summed E-state index contributed by atoms with van der Waals surface area (Å²) in [5.74, 6) is 0. The van der Waals surface area contributed by atoms with E-state index in [1.165, 1.54) is 0 Å². The fourth-order valence-corrected chi connectivity index (χ4v) is 1.63. The molecule has 16 heavy (non-hydrogen) atoms. The minimum atomic E-state index is 0. The number of fused-ring (bicyclic) bond motifs is 1. The predicted molar refractivity (Wildman–Crippen MR) is 64.6 cm³/mol. The lowest BCUT2D eigenvalue weighted by molar-refractivity contribution is 0.824. The monoisotopic (exact) mass is 206 g/mol. The summed E-state index contributed by atoms with van der Waals surface area (Å²) in [5, 5.41) is 8.24. The van der Waals surface area contributed by atoms with Crippen LogP contribution in [0.3, 0.4) is 0 Å². The van der Waals surface area contributed by atoms with Gasteiger partial charge < -0.3 is 0 Å². The molecular formula is C12H9BN3. The van der Waals surface area contributed by atoms with Crippen molar-refractivity contribution < 1.29 is 0 Å². The maximum atomic E-state index is 4.13. The summed E-state index contributed by atoms with van der Waals surface area (Å²) in [4.78, 5) is 0. The third-order valence-corrected chi connectivity index (χ3v) is 2.35. The molecule has 3 radical (unpaired) electrons. The molecule has 1 heterocycles. The Kier molecular flexibility index (Phi) is 2.73. The van der Waals surface area contributed by atoms with Crippen molar-refractivity contribution in [3.8, 4) is 5.69 Å². The molecule has 3 rings (SSSR count). The van der Waals surface area contributed by atoms with Crippen LogP contribution in [0.1, 0.15) is 0 Å². The molecule has 1 aromatic heterocycles. The minimum absolute atomic E-state index is 0. The Morgan fingerprint density at radius 3 is 2.31 bits per heavy atom. The van der Waals surface area contributed by atoms with E-state index in [4.69, 9.17) is 0 Å². The molecule has 0 N–H and O–H groups in total. The number of hydrogen-bond acceptors (Lipinski definition) is 2. The van der Waals surface area contributed by atoms with Crippen LogP contribution in [0.25, 0.3) is 16.7 Å². The number of aromatic nitrogens is 3. The van der Waals surface area contributed by atoms with Gasteiger partial charge in [-0.1, -0.05) is 35.5 Å². The van der Waals surface area contributed by atoms with E-state index in [1.807, 2.05) is 59.3 Å². The van der Waals surface area contributed by atoms with Crippen molar-refractivity contribution in [3.05, 3.63) is 54.6 Å². The molecule has 0 bridgehead atoms. The zero-order valence-corrected chi connectivity index (χ0v) is 8.62. The molecule has 4 heteroatoms. The van der Waals surface area contributed by atoms with E-state index in [9.17, 15) is 0 Å². The molecule has 0 saturated carbocycles. The van der Waals surface area contributed by atoms with Crippen molar-refractivity contribution >= 4 is 19.4 Å². The van der Waals surface area contributed by atoms with Crippen LogP contribution in [0, 0.1) is 0 Å². The van der Waals surface area contributed by atoms with Gasteiger partial charge in [0.2, 0.25) is 0 Å². The summed E-state index contributed by atoms with van der Waals surface area (Å²) in [7, 11) is 0. The molecule has 0 aliphatic carbocycles. The van der Waals surface area contributed by atoms with Gasteiger partial charge in [-0.2, -0.15) is 0 Å². The van der Waals surface area contributed by atoms with Crippen LogP contribution in [-0.4, -0.2) is 23.4 Å². The van der Waals surface area contributed by atoms with E-state index in [2.05, 4.69) is 10.3 Å². The van der Waals surface area contributed by atoms with Crippen LogP contribution < -0.4 is 0 Å². The molecule has 75 valence electrons. The lowest BCUT2D eigenvalue weighted by Crippen LogP contribution is -1.95. The van der Waals surface area contributed by atoms with Crippen molar-refractivity contribution in [1.29, 1.82) is 0 Å². The highest BCUT2D eigenvalue weighted by molar-refractivity contribution is 5.76. The number of nitrogens with zero attached hydrogens (tertiary/aromatic N) is 3. The molecule has 0 spiro atoms. The fourth-order valence-electron chi connectivity index (χ4n) is 1.63. The highest BCUT2D eigenvalue weighted by Gasteiger charge is 2.03. The van der Waals surface area contributed by atoms with Gasteiger partial charge in [-0.3, -0.25) is 0 Å². The van der Waals surface area contributed by atoms with Crippen molar-refractivity contribution in [3.63, 3.8) is 0 Å². The molecule has 0 amide bonds. The average Bonchev–Trinajstić information content (AvgIpc) is 2.74. The zero-order chi connectivity index (χ0) is 10.1. The molecule has 0 aliphatic heterocycles. The van der Waals surface area contributed by atoms with Crippen molar-refractivity contribution in [1.82, 2.24) is 15.0 Å². The van der Waals surface area contributed by atoms with Crippen molar-refractivity contribution in [2.24, 2.45) is 0 Å². The first-order valence-electron chi connectivity index (χ1n) is 4.81. The fraction of sp³-hybridized carbons (Fsp3) is 0. The quantitative estimate of drug-likeness (QED) is 0.570. The van der Waals surface area contributed by atoms with E-state index >= 15 is 0 Å². The first kappa shape index (κ1) is 10.4. The smallest absolute Gasteiger partial charge is 0.113 e. The lowest BCUT2D eigenvalue weighted by atomic mass is 10.3. The lowest BCUT2D eigenvalue weighted by Gasteiger charge is -2.00. The Labute approximate surface area is 95.3 Å². The molecule has 0 unspecified atom stereocenters. The van der Waals surface area contributed by atoms with Gasteiger partial charge in [0.25, 0.3) is 0 Å².